The largest absolute Gasteiger partial charge is 0.465 e. The van der Waals surface area contributed by atoms with Crippen molar-refractivity contribution in [1.29, 1.82) is 0 Å². The van der Waals surface area contributed by atoms with E-state index in [0.717, 1.165) is 62.5 Å². The zero-order chi connectivity index (χ0) is 21.8. The first-order valence-corrected chi connectivity index (χ1v) is 11.7. The third-order valence-corrected chi connectivity index (χ3v) is 6.80. The lowest BCUT2D eigenvalue weighted by Crippen LogP contribution is -2.35. The second-order valence-corrected chi connectivity index (χ2v) is 10.9. The quantitative estimate of drug-likeness (QED) is 0.500. The number of carbonyl (C=O) groups is 1. The molecule has 2 aliphatic rings. The second kappa shape index (κ2) is 9.72. The van der Waals surface area contributed by atoms with Crippen molar-refractivity contribution in [2.45, 2.75) is 71.9 Å². The Labute approximate surface area is 184 Å². The van der Waals surface area contributed by atoms with E-state index in [0.29, 0.717) is 10.9 Å². The summed E-state index contributed by atoms with van der Waals surface area (Å²) in [5, 5.41) is 3.60. The van der Waals surface area contributed by atoms with E-state index in [1.807, 2.05) is 6.07 Å². The smallest absolute Gasteiger partial charge is 0.350 e. The first kappa shape index (κ1) is 23.1. The molecule has 5 nitrogen and oxygen atoms in total. The van der Waals surface area contributed by atoms with Gasteiger partial charge in [0, 0.05) is 18.1 Å². The summed E-state index contributed by atoms with van der Waals surface area (Å²) in [5.74, 6) is 6.15. The van der Waals surface area contributed by atoms with E-state index >= 15 is 0 Å². The van der Waals surface area contributed by atoms with E-state index in [4.69, 9.17) is 14.2 Å². The number of methoxy groups -OCH3 is 1. The number of esters is 1. The molecule has 1 saturated carbocycles. The molecule has 0 amide bonds. The van der Waals surface area contributed by atoms with Crippen LogP contribution in [-0.2, 0) is 14.2 Å². The lowest BCUT2D eigenvalue weighted by molar-refractivity contribution is -0.0210. The molecule has 0 radical (unpaired) electrons. The van der Waals surface area contributed by atoms with Crippen LogP contribution in [0.5, 0.6) is 0 Å². The van der Waals surface area contributed by atoms with Gasteiger partial charge in [0.05, 0.1) is 37.0 Å². The summed E-state index contributed by atoms with van der Waals surface area (Å²) in [6.07, 6.45) is 5.59. The zero-order valence-electron chi connectivity index (χ0n) is 18.9. The molecule has 3 rings (SSSR count). The summed E-state index contributed by atoms with van der Waals surface area (Å²) < 4.78 is 16.5. The maximum atomic E-state index is 12.3. The van der Waals surface area contributed by atoms with Crippen molar-refractivity contribution in [3.63, 3.8) is 0 Å². The van der Waals surface area contributed by atoms with Crippen LogP contribution in [0.2, 0.25) is 0 Å². The highest BCUT2D eigenvalue weighted by Gasteiger charge is 2.33. The third kappa shape index (κ3) is 6.47. The van der Waals surface area contributed by atoms with Crippen molar-refractivity contribution < 1.29 is 19.0 Å². The van der Waals surface area contributed by atoms with Gasteiger partial charge in [0.1, 0.15) is 4.88 Å². The summed E-state index contributed by atoms with van der Waals surface area (Å²) in [7, 11) is 1.42. The van der Waals surface area contributed by atoms with E-state index in [2.05, 4.69) is 44.9 Å². The molecule has 1 aromatic rings. The molecular weight excluding hydrogens is 398 g/mol. The Morgan fingerprint density at radius 1 is 1.33 bits per heavy atom. The van der Waals surface area contributed by atoms with Gasteiger partial charge in [-0.15, -0.1) is 11.3 Å². The lowest BCUT2D eigenvalue weighted by atomic mass is 9.74. The number of hydrogen-bond acceptors (Lipinski definition) is 6. The van der Waals surface area contributed by atoms with Gasteiger partial charge in [0.2, 0.25) is 0 Å². The van der Waals surface area contributed by atoms with E-state index in [-0.39, 0.29) is 22.9 Å². The molecule has 0 aromatic carbocycles. The van der Waals surface area contributed by atoms with Crippen molar-refractivity contribution in [3.05, 3.63) is 15.8 Å². The molecule has 2 heterocycles. The lowest BCUT2D eigenvalue weighted by Gasteiger charge is -2.38. The molecule has 0 unspecified atom stereocenters. The molecule has 1 aromatic heterocycles. The van der Waals surface area contributed by atoms with Gasteiger partial charge in [0.15, 0.2) is 0 Å². The molecule has 6 heteroatoms. The summed E-state index contributed by atoms with van der Waals surface area (Å²) in [5.41, 5.74) is 0.978. The van der Waals surface area contributed by atoms with E-state index in [1.165, 1.54) is 18.4 Å². The van der Waals surface area contributed by atoms with Crippen LogP contribution in [0.15, 0.2) is 6.07 Å². The predicted octanol–water partition coefficient (Wildman–Crippen LogP) is 5.10. The molecule has 1 N–H and O–H groups in total. The van der Waals surface area contributed by atoms with Gasteiger partial charge in [-0.25, -0.2) is 4.79 Å². The molecule has 1 saturated heterocycles. The SMILES string of the molecule is COC(=O)c1sc(C#CC(C)(C)C)cc1N[C@H]1CC[C@@](C)(CO[C@H]2CCOC2)CC1. The molecule has 1 atom stereocenters. The molecular formula is C24H35NO4S. The number of hydrogen-bond donors (Lipinski definition) is 1. The van der Waals surface area contributed by atoms with Crippen LogP contribution in [0.4, 0.5) is 5.69 Å². The van der Waals surface area contributed by atoms with Crippen molar-refractivity contribution in [2.24, 2.45) is 10.8 Å². The monoisotopic (exact) mass is 433 g/mol. The number of carbonyl (C=O) groups excluding carboxylic acids is 1. The normalized spacial score (nSPS) is 26.7. The fourth-order valence-electron chi connectivity index (χ4n) is 3.84. The third-order valence-electron chi connectivity index (χ3n) is 5.77. The molecule has 30 heavy (non-hydrogen) atoms. The maximum Gasteiger partial charge on any atom is 0.350 e. The van der Waals surface area contributed by atoms with Crippen molar-refractivity contribution in [2.75, 3.05) is 32.2 Å². The predicted molar refractivity (Wildman–Crippen MR) is 121 cm³/mol. The van der Waals surface area contributed by atoms with Crippen molar-refractivity contribution >= 4 is 23.0 Å². The Bertz CT molecular complexity index is 784. The molecule has 0 bridgehead atoms. The minimum atomic E-state index is -0.306. The summed E-state index contributed by atoms with van der Waals surface area (Å²) in [6, 6.07) is 2.33. The van der Waals surface area contributed by atoms with E-state index in [9.17, 15) is 4.79 Å². The van der Waals surface area contributed by atoms with E-state index in [1.54, 1.807) is 0 Å². The molecule has 1 aliphatic heterocycles. The highest BCUT2D eigenvalue weighted by Crippen LogP contribution is 2.39. The van der Waals surface area contributed by atoms with Crippen molar-refractivity contribution in [3.8, 4) is 11.8 Å². The molecule has 2 fully saturated rings. The average Bonchev–Trinajstić information content (AvgIpc) is 3.36. The number of rotatable bonds is 6. The Morgan fingerprint density at radius 3 is 2.67 bits per heavy atom. The minimum Gasteiger partial charge on any atom is -0.465 e. The standard InChI is InChI=1S/C24H35NO4S/c1-23(2,3)10-8-19-14-20(21(30-19)22(26)27-5)25-17-6-11-24(4,12-7-17)16-29-18-9-13-28-15-18/h14,17-18,25H,6-7,9,11-13,15-16H2,1-5H3/t17-,18-,24+/m0/s1. The van der Waals surface area contributed by atoms with E-state index < -0.39 is 0 Å². The Balaban J connectivity index is 1.61. The number of anilines is 1. The topological polar surface area (TPSA) is 56.8 Å². The average molecular weight is 434 g/mol. The molecule has 166 valence electrons. The van der Waals surface area contributed by atoms with Crippen LogP contribution in [0.1, 0.15) is 74.3 Å². The second-order valence-electron chi connectivity index (χ2n) is 9.87. The first-order valence-electron chi connectivity index (χ1n) is 10.9. The number of nitrogens with one attached hydrogen (secondary N) is 1. The van der Waals surface area contributed by atoms with Gasteiger partial charge in [0.25, 0.3) is 0 Å². The summed E-state index contributed by atoms with van der Waals surface area (Å²) in [6.45, 7) is 10.9. The van der Waals surface area contributed by atoms with Gasteiger partial charge in [-0.2, -0.15) is 0 Å². The minimum absolute atomic E-state index is 0.0798. The fraction of sp³-hybridized carbons (Fsp3) is 0.708. The number of ether oxygens (including phenoxy) is 3. The van der Waals surface area contributed by atoms with Crippen LogP contribution in [0.3, 0.4) is 0 Å². The van der Waals surface area contributed by atoms with Crippen molar-refractivity contribution in [1.82, 2.24) is 0 Å². The van der Waals surface area contributed by atoms with Gasteiger partial charge in [-0.3, -0.25) is 0 Å². The van der Waals surface area contributed by atoms with Gasteiger partial charge >= 0.3 is 5.97 Å². The summed E-state index contributed by atoms with van der Waals surface area (Å²) >= 11 is 1.40. The molecule has 0 spiro atoms. The highest BCUT2D eigenvalue weighted by atomic mass is 32.1. The van der Waals surface area contributed by atoms with Gasteiger partial charge in [-0.1, -0.05) is 18.8 Å². The highest BCUT2D eigenvalue weighted by molar-refractivity contribution is 7.15. The van der Waals surface area contributed by atoms with Crippen LogP contribution >= 0.6 is 11.3 Å². The number of thiophene rings is 1. The Kier molecular flexibility index (Phi) is 7.49. The Hall–Kier alpha value is -1.55. The van der Waals surface area contributed by atoms with Crippen LogP contribution < -0.4 is 5.32 Å². The van der Waals surface area contributed by atoms with Crippen LogP contribution in [0.25, 0.3) is 0 Å². The fourth-order valence-corrected chi connectivity index (χ4v) is 4.73. The molecule has 1 aliphatic carbocycles. The summed E-state index contributed by atoms with van der Waals surface area (Å²) in [4.78, 5) is 13.8. The van der Waals surface area contributed by atoms with Crippen LogP contribution in [-0.4, -0.2) is 45.0 Å². The van der Waals surface area contributed by atoms with Gasteiger partial charge < -0.3 is 19.5 Å². The maximum absolute atomic E-state index is 12.3. The zero-order valence-corrected chi connectivity index (χ0v) is 19.7. The Morgan fingerprint density at radius 2 is 2.07 bits per heavy atom. The first-order chi connectivity index (χ1) is 14.2. The van der Waals surface area contributed by atoms with Crippen LogP contribution in [0, 0.1) is 22.7 Å². The van der Waals surface area contributed by atoms with Gasteiger partial charge in [-0.05, 0) is 64.4 Å².